The van der Waals surface area contributed by atoms with E-state index in [0.717, 1.165) is 15.7 Å². The number of nitrogens with zero attached hydrogens (tertiary/aromatic N) is 2. The monoisotopic (exact) mass is 405 g/mol. The largest absolute Gasteiger partial charge is 0.390 e. The van der Waals surface area contributed by atoms with Crippen LogP contribution in [0, 0.1) is 12.3 Å². The SMILES string of the molecule is Cc1nnc([C@@H](NC(=O)Nc2ccccc2NCCC(C)(C)O)C(C)(C)C)s1. The van der Waals surface area contributed by atoms with Crippen LogP contribution in [0.3, 0.4) is 0 Å². The van der Waals surface area contributed by atoms with Crippen molar-refractivity contribution in [1.82, 2.24) is 15.5 Å². The van der Waals surface area contributed by atoms with Crippen LogP contribution in [0.4, 0.5) is 16.2 Å². The Balaban J connectivity index is 2.07. The third-order valence-corrected chi connectivity index (χ3v) is 5.06. The van der Waals surface area contributed by atoms with Crippen LogP contribution in [-0.4, -0.2) is 33.5 Å². The van der Waals surface area contributed by atoms with Gasteiger partial charge in [-0.3, -0.25) is 0 Å². The maximum atomic E-state index is 12.7. The molecule has 0 saturated carbocycles. The number of nitrogens with one attached hydrogen (secondary N) is 3. The Morgan fingerprint density at radius 1 is 1.14 bits per heavy atom. The molecule has 1 atom stereocenters. The standard InChI is InChI=1S/C20H31N5O2S/c1-13-24-25-17(28-13)16(19(2,3)4)23-18(26)22-15-10-8-7-9-14(15)21-12-11-20(5,6)27/h7-10,16,21,27H,11-12H2,1-6H3,(H2,22,23,26)/t16-/m1/s1. The molecule has 0 unspecified atom stereocenters. The van der Waals surface area contributed by atoms with Gasteiger partial charge in [0.15, 0.2) is 0 Å². The van der Waals surface area contributed by atoms with Gasteiger partial charge in [-0.2, -0.15) is 0 Å². The van der Waals surface area contributed by atoms with Crippen LogP contribution in [0.15, 0.2) is 24.3 Å². The Morgan fingerprint density at radius 2 is 1.79 bits per heavy atom. The summed E-state index contributed by atoms with van der Waals surface area (Å²) in [6.07, 6.45) is 0.593. The number of urea groups is 1. The van der Waals surface area contributed by atoms with Gasteiger partial charge in [0.1, 0.15) is 10.0 Å². The van der Waals surface area contributed by atoms with Crippen LogP contribution in [0.2, 0.25) is 0 Å². The van der Waals surface area contributed by atoms with E-state index in [1.807, 2.05) is 31.2 Å². The maximum absolute atomic E-state index is 12.7. The summed E-state index contributed by atoms with van der Waals surface area (Å²) in [6, 6.07) is 6.95. The number of amides is 2. The molecule has 2 aromatic rings. The molecule has 0 fully saturated rings. The molecular weight excluding hydrogens is 374 g/mol. The van der Waals surface area contributed by atoms with Gasteiger partial charge in [-0.25, -0.2) is 4.79 Å². The summed E-state index contributed by atoms with van der Waals surface area (Å²) in [5.41, 5.74) is 0.526. The molecule has 0 aliphatic carbocycles. The minimum atomic E-state index is -0.744. The quantitative estimate of drug-likeness (QED) is 0.549. The number of para-hydroxylation sites is 2. The molecule has 28 heavy (non-hydrogen) atoms. The second-order valence-corrected chi connectivity index (χ2v) is 9.80. The van der Waals surface area contributed by atoms with E-state index >= 15 is 0 Å². The highest BCUT2D eigenvalue weighted by Crippen LogP contribution is 2.34. The van der Waals surface area contributed by atoms with Gasteiger partial charge in [0, 0.05) is 6.54 Å². The smallest absolute Gasteiger partial charge is 0.319 e. The number of hydrogen-bond donors (Lipinski definition) is 4. The molecule has 0 radical (unpaired) electrons. The fourth-order valence-corrected chi connectivity index (χ4v) is 3.61. The number of aryl methyl sites for hydroxylation is 1. The first-order chi connectivity index (χ1) is 13.0. The Kier molecular flexibility index (Phi) is 7.01. The van der Waals surface area contributed by atoms with Crippen molar-refractivity contribution in [2.75, 3.05) is 17.2 Å². The second-order valence-electron chi connectivity index (χ2n) is 8.59. The van der Waals surface area contributed by atoms with Gasteiger partial charge in [0.2, 0.25) is 0 Å². The summed E-state index contributed by atoms with van der Waals surface area (Å²) in [7, 11) is 0. The lowest BCUT2D eigenvalue weighted by Crippen LogP contribution is -2.39. The Labute approximate surface area is 171 Å². The number of carbonyl (C=O) groups excluding carboxylic acids is 1. The first-order valence-electron chi connectivity index (χ1n) is 9.38. The van der Waals surface area contributed by atoms with Crippen molar-refractivity contribution in [3.05, 3.63) is 34.3 Å². The van der Waals surface area contributed by atoms with Crippen LogP contribution in [-0.2, 0) is 0 Å². The molecule has 1 heterocycles. The fourth-order valence-electron chi connectivity index (χ4n) is 2.62. The summed E-state index contributed by atoms with van der Waals surface area (Å²) in [6.45, 7) is 12.2. The van der Waals surface area contributed by atoms with Crippen molar-refractivity contribution in [1.29, 1.82) is 0 Å². The predicted octanol–water partition coefficient (Wildman–Crippen LogP) is 4.33. The Bertz CT molecular complexity index is 792. The fraction of sp³-hybridized carbons (Fsp3) is 0.550. The molecule has 154 valence electrons. The molecular formula is C20H31N5O2S. The number of hydrogen-bond acceptors (Lipinski definition) is 6. The Hall–Kier alpha value is -2.19. The van der Waals surface area contributed by atoms with E-state index in [1.54, 1.807) is 13.8 Å². The predicted molar refractivity (Wildman–Crippen MR) is 115 cm³/mol. The molecule has 0 spiro atoms. The molecule has 8 heteroatoms. The van der Waals surface area contributed by atoms with Gasteiger partial charge in [-0.1, -0.05) is 44.2 Å². The second kappa shape index (κ2) is 8.87. The zero-order valence-corrected chi connectivity index (χ0v) is 18.3. The van der Waals surface area contributed by atoms with Gasteiger partial charge < -0.3 is 21.1 Å². The highest BCUT2D eigenvalue weighted by molar-refractivity contribution is 7.11. The average molecular weight is 406 g/mol. The van der Waals surface area contributed by atoms with Crippen LogP contribution >= 0.6 is 11.3 Å². The van der Waals surface area contributed by atoms with Crippen LogP contribution in [0.5, 0.6) is 0 Å². The van der Waals surface area contributed by atoms with Crippen LogP contribution in [0.1, 0.15) is 57.1 Å². The highest BCUT2D eigenvalue weighted by atomic mass is 32.1. The molecule has 0 bridgehead atoms. The van der Waals surface area contributed by atoms with E-state index in [0.29, 0.717) is 18.7 Å². The molecule has 1 aromatic heterocycles. The summed E-state index contributed by atoms with van der Waals surface area (Å²) in [4.78, 5) is 12.7. The molecule has 2 amide bonds. The number of benzene rings is 1. The van der Waals surface area contributed by atoms with Gasteiger partial charge in [0.25, 0.3) is 0 Å². The van der Waals surface area contributed by atoms with Gasteiger partial charge in [-0.05, 0) is 44.7 Å². The molecule has 0 aliphatic rings. The van der Waals surface area contributed by atoms with Gasteiger partial charge >= 0.3 is 6.03 Å². The van der Waals surface area contributed by atoms with Crippen LogP contribution < -0.4 is 16.0 Å². The first-order valence-corrected chi connectivity index (χ1v) is 10.2. The average Bonchev–Trinajstić information content (AvgIpc) is 2.98. The summed E-state index contributed by atoms with van der Waals surface area (Å²) >= 11 is 1.49. The van der Waals surface area contributed by atoms with Gasteiger partial charge in [0.05, 0.1) is 23.0 Å². The number of carbonyl (C=O) groups is 1. The van der Waals surface area contributed by atoms with Crippen molar-refractivity contribution >= 4 is 28.7 Å². The molecule has 1 aromatic carbocycles. The van der Waals surface area contributed by atoms with E-state index in [-0.39, 0.29) is 17.5 Å². The lowest BCUT2D eigenvalue weighted by atomic mass is 9.87. The molecule has 4 N–H and O–H groups in total. The van der Waals surface area contributed by atoms with Crippen molar-refractivity contribution in [2.24, 2.45) is 5.41 Å². The molecule has 0 saturated heterocycles. The lowest BCUT2D eigenvalue weighted by Gasteiger charge is -2.29. The highest BCUT2D eigenvalue weighted by Gasteiger charge is 2.31. The topological polar surface area (TPSA) is 99.2 Å². The van der Waals surface area contributed by atoms with Crippen molar-refractivity contribution in [3.63, 3.8) is 0 Å². The van der Waals surface area contributed by atoms with E-state index in [1.165, 1.54) is 11.3 Å². The van der Waals surface area contributed by atoms with E-state index in [4.69, 9.17) is 0 Å². The summed E-state index contributed by atoms with van der Waals surface area (Å²) < 4.78 is 0. The number of rotatable bonds is 7. The normalized spacial score (nSPS) is 13.1. The van der Waals surface area contributed by atoms with Crippen molar-refractivity contribution in [2.45, 2.75) is 59.6 Å². The maximum Gasteiger partial charge on any atom is 0.319 e. The number of aromatic nitrogens is 2. The van der Waals surface area contributed by atoms with Crippen molar-refractivity contribution in [3.8, 4) is 0 Å². The molecule has 0 aliphatic heterocycles. The first kappa shape index (κ1) is 22.1. The lowest BCUT2D eigenvalue weighted by molar-refractivity contribution is 0.0749. The van der Waals surface area contributed by atoms with E-state index in [9.17, 15) is 9.90 Å². The summed E-state index contributed by atoms with van der Waals surface area (Å²) in [5.74, 6) is 0. The minimum Gasteiger partial charge on any atom is -0.390 e. The van der Waals surface area contributed by atoms with Crippen molar-refractivity contribution < 1.29 is 9.90 Å². The van der Waals surface area contributed by atoms with Gasteiger partial charge in [-0.15, -0.1) is 10.2 Å². The van der Waals surface area contributed by atoms with Crippen LogP contribution in [0.25, 0.3) is 0 Å². The molecule has 7 nitrogen and oxygen atoms in total. The Morgan fingerprint density at radius 3 is 2.32 bits per heavy atom. The van der Waals surface area contributed by atoms with E-state index in [2.05, 4.69) is 46.9 Å². The third kappa shape index (κ3) is 6.76. The zero-order valence-electron chi connectivity index (χ0n) is 17.5. The summed E-state index contributed by atoms with van der Waals surface area (Å²) in [5, 5.41) is 29.0. The zero-order chi connectivity index (χ0) is 20.9. The molecule has 2 rings (SSSR count). The third-order valence-electron chi connectivity index (χ3n) is 4.16. The minimum absolute atomic E-state index is 0.214. The number of anilines is 2. The number of aliphatic hydroxyl groups is 1. The van der Waals surface area contributed by atoms with E-state index < -0.39 is 5.60 Å².